The van der Waals surface area contributed by atoms with Crippen LogP contribution in [0, 0.1) is 10.1 Å². The molecule has 0 atom stereocenters. The van der Waals surface area contributed by atoms with Crippen molar-refractivity contribution in [3.8, 4) is 5.75 Å². The van der Waals surface area contributed by atoms with Crippen LogP contribution in [-0.2, 0) is 4.79 Å². The molecule has 8 heteroatoms. The molecule has 1 amide bonds. The Morgan fingerprint density at radius 2 is 2.13 bits per heavy atom. The normalized spacial score (nSPS) is 22.0. The minimum Gasteiger partial charge on any atom is -0.502 e. The maximum Gasteiger partial charge on any atom is 0.311 e. The Bertz CT molecular complexity index is 723. The molecule has 0 spiro atoms. The van der Waals surface area contributed by atoms with E-state index in [0.29, 0.717) is 15.6 Å². The van der Waals surface area contributed by atoms with Crippen molar-refractivity contribution in [1.82, 2.24) is 5.32 Å². The number of carbonyl (C=O) groups is 1. The third kappa shape index (κ3) is 3.53. The van der Waals surface area contributed by atoms with Gasteiger partial charge in [0.15, 0.2) is 10.9 Å². The first-order chi connectivity index (χ1) is 11.0. The lowest BCUT2D eigenvalue weighted by Gasteiger charge is -2.02. The fraction of sp³-hybridized carbons (Fsp3) is 0.333. The smallest absolute Gasteiger partial charge is 0.311 e. The molecule has 1 saturated heterocycles. The molecule has 7 nitrogen and oxygen atoms in total. The van der Waals surface area contributed by atoms with Crippen LogP contribution < -0.4 is 5.32 Å². The largest absolute Gasteiger partial charge is 0.502 e. The Hall–Kier alpha value is -2.35. The van der Waals surface area contributed by atoms with E-state index < -0.39 is 10.7 Å². The summed E-state index contributed by atoms with van der Waals surface area (Å²) in [5, 5.41) is 23.6. The van der Waals surface area contributed by atoms with E-state index in [1.807, 2.05) is 0 Å². The number of nitro groups is 1. The molecule has 0 bridgehead atoms. The first-order valence-electron chi connectivity index (χ1n) is 7.29. The molecule has 23 heavy (non-hydrogen) atoms. The Morgan fingerprint density at radius 1 is 1.39 bits per heavy atom. The van der Waals surface area contributed by atoms with Gasteiger partial charge in [-0.15, -0.1) is 0 Å². The zero-order chi connectivity index (χ0) is 16.4. The van der Waals surface area contributed by atoms with Gasteiger partial charge in [0.1, 0.15) is 0 Å². The number of hydrogen-bond acceptors (Lipinski definition) is 6. The van der Waals surface area contributed by atoms with Gasteiger partial charge in [0, 0.05) is 6.07 Å². The van der Waals surface area contributed by atoms with Crippen molar-refractivity contribution < 1.29 is 14.8 Å². The second-order valence-electron chi connectivity index (χ2n) is 5.44. The number of phenols is 1. The van der Waals surface area contributed by atoms with E-state index in [1.165, 1.54) is 42.8 Å². The van der Waals surface area contributed by atoms with Crippen molar-refractivity contribution >= 4 is 34.6 Å². The molecule has 0 aromatic heterocycles. The lowest BCUT2D eigenvalue weighted by atomic mass is 10.1. The maximum absolute atomic E-state index is 12.0. The summed E-state index contributed by atoms with van der Waals surface area (Å²) in [6.07, 6.45) is 5.98. The molecular formula is C15H15N3O4S. The number of nitro benzene ring substituents is 1. The molecule has 1 aliphatic heterocycles. The van der Waals surface area contributed by atoms with Crippen LogP contribution in [0.3, 0.4) is 0 Å². The zero-order valence-corrected chi connectivity index (χ0v) is 13.0. The van der Waals surface area contributed by atoms with Crippen LogP contribution in [0.4, 0.5) is 5.69 Å². The highest BCUT2D eigenvalue weighted by Crippen LogP contribution is 2.31. The molecule has 1 saturated carbocycles. The summed E-state index contributed by atoms with van der Waals surface area (Å²) in [6, 6.07) is 4.28. The Morgan fingerprint density at radius 3 is 2.83 bits per heavy atom. The van der Waals surface area contributed by atoms with E-state index in [9.17, 15) is 20.0 Å². The highest BCUT2D eigenvalue weighted by atomic mass is 32.2. The average molecular weight is 333 g/mol. The number of phenolic OH excluding ortho intramolecular Hbond substituents is 1. The SMILES string of the molecule is O=C1NC(=NC2CCCC2)S/C1=C\c1ccc(O)c([N+](=O)[O-])c1. The van der Waals surface area contributed by atoms with Crippen molar-refractivity contribution in [1.29, 1.82) is 0 Å². The summed E-state index contributed by atoms with van der Waals surface area (Å²) in [7, 11) is 0. The minimum absolute atomic E-state index is 0.262. The average Bonchev–Trinajstić information content (AvgIpc) is 3.12. The standard InChI is InChI=1S/C15H15N3O4S/c19-12-6-5-9(7-11(12)18(21)22)8-13-14(20)17-15(23-13)16-10-3-1-2-4-10/h5-8,10,19H,1-4H2,(H,16,17,20)/b13-8-. The van der Waals surface area contributed by atoms with Gasteiger partial charge >= 0.3 is 5.69 Å². The highest BCUT2D eigenvalue weighted by molar-refractivity contribution is 8.18. The van der Waals surface area contributed by atoms with Crippen molar-refractivity contribution in [3.05, 3.63) is 38.8 Å². The second kappa shape index (κ2) is 6.41. The lowest BCUT2D eigenvalue weighted by Crippen LogP contribution is -2.21. The quantitative estimate of drug-likeness (QED) is 0.503. The number of benzene rings is 1. The van der Waals surface area contributed by atoms with Crippen molar-refractivity contribution in [2.45, 2.75) is 31.7 Å². The molecule has 1 heterocycles. The molecule has 1 aromatic carbocycles. The Balaban J connectivity index is 1.81. The number of rotatable bonds is 3. The molecule has 1 aliphatic carbocycles. The van der Waals surface area contributed by atoms with Crippen LogP contribution in [0.2, 0.25) is 0 Å². The summed E-state index contributed by atoms with van der Waals surface area (Å²) in [4.78, 5) is 27.1. The van der Waals surface area contributed by atoms with Crippen LogP contribution in [0.15, 0.2) is 28.1 Å². The molecule has 120 valence electrons. The predicted molar refractivity (Wildman–Crippen MR) is 88.2 cm³/mol. The monoisotopic (exact) mass is 333 g/mol. The van der Waals surface area contributed by atoms with Crippen molar-refractivity contribution in [2.75, 3.05) is 0 Å². The molecule has 2 fully saturated rings. The van der Waals surface area contributed by atoms with E-state index in [1.54, 1.807) is 6.08 Å². The van der Waals surface area contributed by atoms with E-state index in [0.717, 1.165) is 12.8 Å². The Labute approximate surface area is 136 Å². The van der Waals surface area contributed by atoms with Gasteiger partial charge < -0.3 is 10.4 Å². The third-order valence-corrected chi connectivity index (χ3v) is 4.69. The van der Waals surface area contributed by atoms with Crippen LogP contribution in [0.5, 0.6) is 5.75 Å². The summed E-state index contributed by atoms with van der Waals surface area (Å²) in [5.41, 5.74) is 0.0943. The minimum atomic E-state index is -0.661. The van der Waals surface area contributed by atoms with Crippen LogP contribution >= 0.6 is 11.8 Å². The number of nitrogens with one attached hydrogen (secondary N) is 1. The summed E-state index contributed by atoms with van der Waals surface area (Å²) >= 11 is 1.24. The van der Waals surface area contributed by atoms with E-state index in [2.05, 4.69) is 10.3 Å². The van der Waals surface area contributed by atoms with Crippen LogP contribution in [-0.4, -0.2) is 27.1 Å². The molecular weight excluding hydrogens is 318 g/mol. The Kier molecular flexibility index (Phi) is 4.33. The summed E-state index contributed by atoms with van der Waals surface area (Å²) in [5.74, 6) is -0.661. The van der Waals surface area contributed by atoms with E-state index >= 15 is 0 Å². The summed E-state index contributed by atoms with van der Waals surface area (Å²) < 4.78 is 0. The molecule has 0 unspecified atom stereocenters. The van der Waals surface area contributed by atoms with Gasteiger partial charge in [-0.3, -0.25) is 19.9 Å². The van der Waals surface area contributed by atoms with Crippen molar-refractivity contribution in [2.24, 2.45) is 4.99 Å². The zero-order valence-electron chi connectivity index (χ0n) is 12.2. The first kappa shape index (κ1) is 15.5. The fourth-order valence-electron chi connectivity index (χ4n) is 2.62. The van der Waals surface area contributed by atoms with Gasteiger partial charge in [-0.25, -0.2) is 0 Å². The predicted octanol–water partition coefficient (Wildman–Crippen LogP) is 2.80. The fourth-order valence-corrected chi connectivity index (χ4v) is 3.51. The number of amidine groups is 1. The third-order valence-electron chi connectivity index (χ3n) is 3.77. The first-order valence-corrected chi connectivity index (χ1v) is 8.10. The van der Waals surface area contributed by atoms with Crippen LogP contribution in [0.1, 0.15) is 31.2 Å². The van der Waals surface area contributed by atoms with Gasteiger partial charge in [-0.05, 0) is 42.3 Å². The number of aromatic hydroxyl groups is 1. The number of amides is 1. The number of thioether (sulfide) groups is 1. The number of carbonyl (C=O) groups excluding carboxylic acids is 1. The number of nitrogens with zero attached hydrogens (tertiary/aromatic N) is 2. The molecule has 2 aliphatic rings. The highest BCUT2D eigenvalue weighted by Gasteiger charge is 2.26. The van der Waals surface area contributed by atoms with E-state index in [-0.39, 0.29) is 17.6 Å². The van der Waals surface area contributed by atoms with Gasteiger partial charge in [0.2, 0.25) is 0 Å². The summed E-state index contributed by atoms with van der Waals surface area (Å²) in [6.45, 7) is 0. The van der Waals surface area contributed by atoms with Crippen molar-refractivity contribution in [3.63, 3.8) is 0 Å². The second-order valence-corrected chi connectivity index (χ2v) is 6.47. The van der Waals surface area contributed by atoms with Gasteiger partial charge in [0.25, 0.3) is 5.91 Å². The van der Waals surface area contributed by atoms with Gasteiger partial charge in [0.05, 0.1) is 15.9 Å². The van der Waals surface area contributed by atoms with E-state index in [4.69, 9.17) is 0 Å². The number of hydrogen-bond donors (Lipinski definition) is 2. The van der Waals surface area contributed by atoms with Gasteiger partial charge in [-0.2, -0.15) is 0 Å². The molecule has 0 radical (unpaired) electrons. The maximum atomic E-state index is 12.0. The van der Waals surface area contributed by atoms with Crippen LogP contribution in [0.25, 0.3) is 6.08 Å². The molecule has 1 aromatic rings. The number of aliphatic imine (C=N–C) groups is 1. The lowest BCUT2D eigenvalue weighted by molar-refractivity contribution is -0.385. The molecule has 2 N–H and O–H groups in total. The van der Waals surface area contributed by atoms with Gasteiger partial charge in [-0.1, -0.05) is 18.9 Å². The molecule has 3 rings (SSSR count). The topological polar surface area (TPSA) is 105 Å².